The van der Waals surface area contributed by atoms with Gasteiger partial charge in [0.15, 0.2) is 11.3 Å². The van der Waals surface area contributed by atoms with E-state index in [1.807, 2.05) is 0 Å². The molecule has 1 amide bonds. The van der Waals surface area contributed by atoms with Gasteiger partial charge < -0.3 is 5.32 Å². The standard InChI is InChI=1S/C16H19F3N4O/c1-15(2)6-3-10(4-7-15)21-14(24)11-9-13-20-8-5-12(16(17,18)19)23(13)22-11/h5,8-10H,3-4,6-7H2,1-2H3,(H,21,24). The minimum absolute atomic E-state index is 0.000229. The molecule has 0 radical (unpaired) electrons. The molecule has 5 nitrogen and oxygen atoms in total. The van der Waals surface area contributed by atoms with Crippen LogP contribution in [0.5, 0.6) is 0 Å². The minimum Gasteiger partial charge on any atom is -0.348 e. The van der Waals surface area contributed by atoms with Gasteiger partial charge in [0.05, 0.1) is 0 Å². The highest BCUT2D eigenvalue weighted by Gasteiger charge is 2.35. The summed E-state index contributed by atoms with van der Waals surface area (Å²) in [6.07, 6.45) is 0.225. The molecule has 0 bridgehead atoms. The summed E-state index contributed by atoms with van der Waals surface area (Å²) in [7, 11) is 0. The lowest BCUT2D eigenvalue weighted by Crippen LogP contribution is -2.39. The SMILES string of the molecule is CC1(C)CCC(NC(=O)c2cc3nccc(C(F)(F)F)n3n2)CC1. The molecule has 2 heterocycles. The average molecular weight is 340 g/mol. The number of nitrogens with zero attached hydrogens (tertiary/aromatic N) is 3. The highest BCUT2D eigenvalue weighted by atomic mass is 19.4. The van der Waals surface area contributed by atoms with E-state index in [2.05, 4.69) is 29.2 Å². The number of fused-ring (bicyclic) bond motifs is 1. The molecule has 0 aliphatic heterocycles. The summed E-state index contributed by atoms with van der Waals surface area (Å²) in [6.45, 7) is 4.38. The van der Waals surface area contributed by atoms with Gasteiger partial charge in [0.2, 0.25) is 0 Å². The molecule has 1 aliphatic rings. The monoisotopic (exact) mass is 340 g/mol. The number of hydrogen-bond donors (Lipinski definition) is 1. The lowest BCUT2D eigenvalue weighted by Gasteiger charge is -2.34. The fraction of sp³-hybridized carbons (Fsp3) is 0.562. The Balaban J connectivity index is 1.79. The Bertz CT molecular complexity index is 756. The molecule has 1 aliphatic carbocycles. The van der Waals surface area contributed by atoms with E-state index in [-0.39, 0.29) is 22.8 Å². The molecule has 0 saturated heterocycles. The number of halogens is 3. The van der Waals surface area contributed by atoms with Crippen LogP contribution in [0.1, 0.15) is 55.7 Å². The lowest BCUT2D eigenvalue weighted by molar-refractivity contribution is -0.142. The summed E-state index contributed by atoms with van der Waals surface area (Å²) in [6, 6.07) is 2.15. The maximum absolute atomic E-state index is 13.0. The van der Waals surface area contributed by atoms with Crippen LogP contribution in [0, 0.1) is 5.41 Å². The molecule has 2 aromatic heterocycles. The molecule has 1 fully saturated rings. The quantitative estimate of drug-likeness (QED) is 0.911. The van der Waals surface area contributed by atoms with Crippen LogP contribution in [-0.2, 0) is 6.18 Å². The molecule has 24 heavy (non-hydrogen) atoms. The number of carbonyl (C=O) groups excluding carboxylic acids is 1. The zero-order valence-electron chi connectivity index (χ0n) is 13.5. The predicted molar refractivity (Wildman–Crippen MR) is 81.5 cm³/mol. The van der Waals surface area contributed by atoms with E-state index < -0.39 is 17.8 Å². The van der Waals surface area contributed by atoms with Gasteiger partial charge in [-0.15, -0.1) is 0 Å². The zero-order chi connectivity index (χ0) is 17.5. The van der Waals surface area contributed by atoms with Gasteiger partial charge in [-0.05, 0) is 37.2 Å². The first kappa shape index (κ1) is 16.7. The summed E-state index contributed by atoms with van der Waals surface area (Å²) in [5, 5.41) is 6.66. The summed E-state index contributed by atoms with van der Waals surface area (Å²) in [5.74, 6) is -0.460. The minimum atomic E-state index is -4.56. The number of hydrogen-bond acceptors (Lipinski definition) is 3. The van der Waals surface area contributed by atoms with Crippen molar-refractivity contribution in [2.24, 2.45) is 5.41 Å². The molecule has 2 aromatic rings. The van der Waals surface area contributed by atoms with Crippen molar-refractivity contribution >= 4 is 11.6 Å². The van der Waals surface area contributed by atoms with E-state index in [4.69, 9.17) is 0 Å². The van der Waals surface area contributed by atoms with Crippen molar-refractivity contribution < 1.29 is 18.0 Å². The molecule has 130 valence electrons. The molecule has 1 saturated carbocycles. The fourth-order valence-electron chi connectivity index (χ4n) is 3.02. The van der Waals surface area contributed by atoms with E-state index in [9.17, 15) is 18.0 Å². The molecule has 8 heteroatoms. The van der Waals surface area contributed by atoms with Crippen molar-refractivity contribution in [2.45, 2.75) is 51.7 Å². The molecule has 0 atom stereocenters. The maximum Gasteiger partial charge on any atom is 0.433 e. The molecular weight excluding hydrogens is 321 g/mol. The Kier molecular flexibility index (Phi) is 4.01. The number of carbonyl (C=O) groups is 1. The Morgan fingerprint density at radius 2 is 2.00 bits per heavy atom. The van der Waals surface area contributed by atoms with Gasteiger partial charge in [0.1, 0.15) is 5.69 Å². The van der Waals surface area contributed by atoms with Crippen molar-refractivity contribution in [2.75, 3.05) is 0 Å². The van der Waals surface area contributed by atoms with Gasteiger partial charge in [-0.25, -0.2) is 9.50 Å². The highest BCUT2D eigenvalue weighted by molar-refractivity contribution is 5.93. The molecule has 0 spiro atoms. The number of aromatic nitrogens is 3. The smallest absolute Gasteiger partial charge is 0.348 e. The van der Waals surface area contributed by atoms with Gasteiger partial charge in [-0.1, -0.05) is 13.8 Å². The van der Waals surface area contributed by atoms with Gasteiger partial charge in [0.25, 0.3) is 5.91 Å². The van der Waals surface area contributed by atoms with Crippen LogP contribution in [0.3, 0.4) is 0 Å². The van der Waals surface area contributed by atoms with Gasteiger partial charge in [-0.3, -0.25) is 4.79 Å². The van der Waals surface area contributed by atoms with Crippen LogP contribution in [0.2, 0.25) is 0 Å². The Labute approximate surface area is 137 Å². The second-order valence-electron chi connectivity index (χ2n) is 7.04. The molecule has 3 rings (SSSR count). The summed E-state index contributed by atoms with van der Waals surface area (Å²) in [4.78, 5) is 16.2. The van der Waals surface area contributed by atoms with Crippen molar-refractivity contribution in [3.63, 3.8) is 0 Å². The summed E-state index contributed by atoms with van der Waals surface area (Å²) < 4.78 is 39.6. The van der Waals surface area contributed by atoms with Gasteiger partial charge in [-0.2, -0.15) is 18.3 Å². The Morgan fingerprint density at radius 3 is 2.62 bits per heavy atom. The van der Waals surface area contributed by atoms with Crippen LogP contribution < -0.4 is 5.32 Å². The van der Waals surface area contributed by atoms with E-state index in [0.717, 1.165) is 37.9 Å². The first-order valence-corrected chi connectivity index (χ1v) is 7.89. The number of nitrogens with one attached hydrogen (secondary N) is 1. The lowest BCUT2D eigenvalue weighted by atomic mass is 9.75. The van der Waals surface area contributed by atoms with E-state index >= 15 is 0 Å². The Hall–Kier alpha value is -2.12. The summed E-state index contributed by atoms with van der Waals surface area (Å²) >= 11 is 0. The maximum atomic E-state index is 13.0. The first-order valence-electron chi connectivity index (χ1n) is 7.89. The summed E-state index contributed by atoms with van der Waals surface area (Å²) in [5.41, 5.74) is -0.731. The zero-order valence-corrected chi connectivity index (χ0v) is 13.5. The number of alkyl halides is 3. The topological polar surface area (TPSA) is 59.3 Å². The van der Waals surface area contributed by atoms with Crippen molar-refractivity contribution in [1.29, 1.82) is 0 Å². The van der Waals surface area contributed by atoms with Crippen LogP contribution >= 0.6 is 0 Å². The van der Waals surface area contributed by atoms with Crippen LogP contribution in [0.4, 0.5) is 13.2 Å². The Morgan fingerprint density at radius 1 is 1.33 bits per heavy atom. The van der Waals surface area contributed by atoms with Crippen molar-refractivity contribution in [3.8, 4) is 0 Å². The third kappa shape index (κ3) is 3.37. The highest BCUT2D eigenvalue weighted by Crippen LogP contribution is 2.35. The van der Waals surface area contributed by atoms with Gasteiger partial charge in [0, 0.05) is 18.3 Å². The van der Waals surface area contributed by atoms with E-state index in [1.54, 1.807) is 0 Å². The second-order valence-corrected chi connectivity index (χ2v) is 7.04. The second kappa shape index (κ2) is 5.75. The van der Waals surface area contributed by atoms with Crippen LogP contribution in [-0.4, -0.2) is 26.5 Å². The van der Waals surface area contributed by atoms with Crippen LogP contribution in [0.25, 0.3) is 5.65 Å². The predicted octanol–water partition coefficient (Wildman–Crippen LogP) is 3.45. The average Bonchev–Trinajstić information content (AvgIpc) is 2.92. The molecule has 0 aromatic carbocycles. The van der Waals surface area contributed by atoms with Crippen molar-refractivity contribution in [3.05, 3.63) is 29.7 Å². The van der Waals surface area contributed by atoms with E-state index in [1.165, 1.54) is 6.07 Å². The molecule has 1 N–H and O–H groups in total. The van der Waals surface area contributed by atoms with Crippen molar-refractivity contribution in [1.82, 2.24) is 19.9 Å². The third-order valence-electron chi connectivity index (χ3n) is 4.56. The van der Waals surface area contributed by atoms with Crippen LogP contribution in [0.15, 0.2) is 18.3 Å². The van der Waals surface area contributed by atoms with Gasteiger partial charge >= 0.3 is 6.18 Å². The number of amides is 1. The first-order chi connectivity index (χ1) is 11.2. The molecular formula is C16H19F3N4O. The fourth-order valence-corrected chi connectivity index (χ4v) is 3.02. The molecule has 0 unspecified atom stereocenters. The van der Waals surface area contributed by atoms with E-state index in [0.29, 0.717) is 4.52 Å². The largest absolute Gasteiger partial charge is 0.433 e. The third-order valence-corrected chi connectivity index (χ3v) is 4.56. The number of rotatable bonds is 2. The normalized spacial score (nSPS) is 18.7.